The zero-order valence-corrected chi connectivity index (χ0v) is 23.1. The Morgan fingerprint density at radius 3 is 2.30 bits per heavy atom. The molecule has 5 atom stereocenters. The van der Waals surface area contributed by atoms with Gasteiger partial charge in [-0.1, -0.05) is 38.8 Å². The summed E-state index contributed by atoms with van der Waals surface area (Å²) in [7, 11) is 0. The quantitative estimate of drug-likeness (QED) is 0.251. The van der Waals surface area contributed by atoms with E-state index in [1.165, 1.54) is 0 Å². The van der Waals surface area contributed by atoms with Crippen LogP contribution in [0.4, 0.5) is 0 Å². The van der Waals surface area contributed by atoms with E-state index in [0.29, 0.717) is 58.4 Å². The maximum atomic E-state index is 14.2. The minimum absolute atomic E-state index is 0.0258. The minimum Gasteiger partial charge on any atom is -0.396 e. The molecule has 0 radical (unpaired) electrons. The summed E-state index contributed by atoms with van der Waals surface area (Å²) < 4.78 is 6.75. The number of likely N-dealkylation sites (tertiary alicyclic amines) is 1. The molecular formula is C29H47N3O5. The number of hydrogen-bond acceptors (Lipinski definition) is 5. The first-order valence-electron chi connectivity index (χ1n) is 14.2. The van der Waals surface area contributed by atoms with Gasteiger partial charge in [0, 0.05) is 39.3 Å². The summed E-state index contributed by atoms with van der Waals surface area (Å²) >= 11 is 0. The van der Waals surface area contributed by atoms with Crippen LogP contribution < -0.4 is 0 Å². The number of nitrogens with zero attached hydrogens (tertiary/aromatic N) is 3. The van der Waals surface area contributed by atoms with Crippen LogP contribution in [0.1, 0.15) is 72.1 Å². The van der Waals surface area contributed by atoms with Gasteiger partial charge < -0.3 is 24.5 Å². The van der Waals surface area contributed by atoms with Crippen molar-refractivity contribution in [3.05, 3.63) is 25.3 Å². The topological polar surface area (TPSA) is 90.4 Å². The van der Waals surface area contributed by atoms with Crippen LogP contribution in [0.25, 0.3) is 0 Å². The Labute approximate surface area is 222 Å². The second-order valence-corrected chi connectivity index (χ2v) is 11.0. The lowest BCUT2D eigenvalue weighted by Gasteiger charge is -2.37. The van der Waals surface area contributed by atoms with Crippen molar-refractivity contribution in [3.8, 4) is 0 Å². The molecule has 0 aromatic carbocycles. The maximum Gasteiger partial charge on any atom is 0.248 e. The van der Waals surface area contributed by atoms with E-state index in [0.717, 1.165) is 25.7 Å². The molecule has 0 aromatic rings. The molecular weight excluding hydrogens is 470 g/mol. The highest BCUT2D eigenvalue weighted by Gasteiger charge is 2.78. The number of ether oxygens (including phenoxy) is 1. The summed E-state index contributed by atoms with van der Waals surface area (Å²) in [5, 5.41) is 9.36. The van der Waals surface area contributed by atoms with Gasteiger partial charge in [-0.15, -0.1) is 13.2 Å². The second-order valence-electron chi connectivity index (χ2n) is 11.0. The van der Waals surface area contributed by atoms with Crippen LogP contribution in [0.3, 0.4) is 0 Å². The second kappa shape index (κ2) is 12.6. The van der Waals surface area contributed by atoms with Crippen molar-refractivity contribution < 1.29 is 24.2 Å². The lowest BCUT2D eigenvalue weighted by Crippen LogP contribution is -2.56. The molecule has 2 unspecified atom stereocenters. The van der Waals surface area contributed by atoms with E-state index in [1.54, 1.807) is 26.9 Å². The van der Waals surface area contributed by atoms with E-state index in [9.17, 15) is 19.5 Å². The number of carbonyl (C=O) groups is 3. The first-order valence-corrected chi connectivity index (χ1v) is 14.2. The molecule has 208 valence electrons. The summed E-state index contributed by atoms with van der Waals surface area (Å²) in [6.07, 6.45) is 9.51. The molecule has 0 saturated carbocycles. The number of carbonyl (C=O) groups excluding carboxylic acids is 3. The van der Waals surface area contributed by atoms with Crippen LogP contribution in [-0.2, 0) is 19.1 Å². The van der Waals surface area contributed by atoms with Crippen LogP contribution in [-0.4, -0.2) is 94.1 Å². The van der Waals surface area contributed by atoms with Crippen molar-refractivity contribution in [1.29, 1.82) is 0 Å². The van der Waals surface area contributed by atoms with E-state index < -0.39 is 29.1 Å². The van der Waals surface area contributed by atoms with Crippen molar-refractivity contribution >= 4 is 17.7 Å². The van der Waals surface area contributed by atoms with Crippen LogP contribution >= 0.6 is 0 Å². The SMILES string of the molecule is C=CCN(CCCCC)C(=O)C1N(CCCCO)C(=O)[C@@H]2[C@H](C(=O)N(CC=C)CCC)[C@]3(C)CCC12O3. The van der Waals surface area contributed by atoms with Crippen molar-refractivity contribution in [2.24, 2.45) is 11.8 Å². The average Bonchev–Trinajstić information content (AvgIpc) is 3.44. The third kappa shape index (κ3) is 5.37. The van der Waals surface area contributed by atoms with Gasteiger partial charge in [-0.05, 0) is 45.4 Å². The standard InChI is InChI=1S/C29H47N3O5/c1-6-10-11-19-31(18-9-4)27(36)24-29-15-14-28(5,37-29)22(25(34)30(16-7-2)17-8-3)23(29)26(35)32(24)20-12-13-21-33/h7,9,22-24,33H,2,4,6,8,10-21H2,1,3,5H3/t22-,23+,24?,28+,29?/m1/s1. The van der Waals surface area contributed by atoms with Gasteiger partial charge in [0.15, 0.2) is 0 Å². The molecule has 0 aliphatic carbocycles. The molecule has 37 heavy (non-hydrogen) atoms. The van der Waals surface area contributed by atoms with E-state index in [1.807, 2.05) is 13.8 Å². The van der Waals surface area contributed by atoms with Crippen molar-refractivity contribution in [3.63, 3.8) is 0 Å². The summed E-state index contributed by atoms with van der Waals surface area (Å²) in [5.74, 6) is -1.69. The highest BCUT2D eigenvalue weighted by molar-refractivity contribution is 5.99. The van der Waals surface area contributed by atoms with Crippen LogP contribution in [0.5, 0.6) is 0 Å². The molecule has 3 aliphatic heterocycles. The number of aliphatic hydroxyl groups excluding tert-OH is 1. The average molecular weight is 518 g/mol. The Hall–Kier alpha value is -2.19. The fraction of sp³-hybridized carbons (Fsp3) is 0.759. The number of hydrogen-bond donors (Lipinski definition) is 1. The van der Waals surface area contributed by atoms with Gasteiger partial charge in [0.05, 0.1) is 17.4 Å². The lowest BCUT2D eigenvalue weighted by atomic mass is 9.66. The van der Waals surface area contributed by atoms with Gasteiger partial charge in [0.25, 0.3) is 0 Å². The number of fused-ring (bicyclic) bond motifs is 1. The monoisotopic (exact) mass is 517 g/mol. The van der Waals surface area contributed by atoms with Gasteiger partial charge in [-0.25, -0.2) is 0 Å². The number of rotatable bonds is 16. The summed E-state index contributed by atoms with van der Waals surface area (Å²) in [6, 6.07) is -0.774. The summed E-state index contributed by atoms with van der Waals surface area (Å²) in [4.78, 5) is 47.5. The van der Waals surface area contributed by atoms with Gasteiger partial charge >= 0.3 is 0 Å². The minimum atomic E-state index is -1.02. The Morgan fingerprint density at radius 1 is 1.03 bits per heavy atom. The van der Waals surface area contributed by atoms with Gasteiger partial charge in [-0.3, -0.25) is 14.4 Å². The Morgan fingerprint density at radius 2 is 1.70 bits per heavy atom. The van der Waals surface area contributed by atoms with Crippen LogP contribution in [0, 0.1) is 11.8 Å². The van der Waals surface area contributed by atoms with E-state index >= 15 is 0 Å². The first kappa shape index (κ1) is 29.4. The largest absolute Gasteiger partial charge is 0.396 e. The molecule has 3 saturated heterocycles. The molecule has 3 heterocycles. The summed E-state index contributed by atoms with van der Waals surface area (Å²) in [5.41, 5.74) is -1.80. The van der Waals surface area contributed by atoms with Crippen LogP contribution in [0.15, 0.2) is 25.3 Å². The predicted octanol–water partition coefficient (Wildman–Crippen LogP) is 3.15. The number of unbranched alkanes of at least 4 members (excludes halogenated alkanes) is 3. The molecule has 3 amide bonds. The van der Waals surface area contributed by atoms with Crippen molar-refractivity contribution in [1.82, 2.24) is 14.7 Å². The third-order valence-corrected chi connectivity index (χ3v) is 8.43. The van der Waals surface area contributed by atoms with E-state index in [-0.39, 0.29) is 24.3 Å². The zero-order valence-electron chi connectivity index (χ0n) is 23.1. The Kier molecular flexibility index (Phi) is 9.98. The number of amides is 3. The molecule has 3 rings (SSSR count). The fourth-order valence-electron chi connectivity index (χ4n) is 6.80. The van der Waals surface area contributed by atoms with Gasteiger partial charge in [0.1, 0.15) is 11.6 Å². The summed E-state index contributed by atoms with van der Waals surface area (Å²) in [6.45, 7) is 16.1. The Bertz CT molecular complexity index is 862. The normalized spacial score (nSPS) is 29.9. The van der Waals surface area contributed by atoms with Crippen molar-refractivity contribution in [2.45, 2.75) is 89.4 Å². The highest BCUT2D eigenvalue weighted by atomic mass is 16.5. The molecule has 8 heteroatoms. The Balaban J connectivity index is 2.02. The van der Waals surface area contributed by atoms with Gasteiger partial charge in [-0.2, -0.15) is 0 Å². The van der Waals surface area contributed by atoms with E-state index in [4.69, 9.17) is 4.74 Å². The lowest BCUT2D eigenvalue weighted by molar-refractivity contribution is -0.153. The predicted molar refractivity (Wildman–Crippen MR) is 144 cm³/mol. The fourth-order valence-corrected chi connectivity index (χ4v) is 6.80. The smallest absolute Gasteiger partial charge is 0.248 e. The molecule has 2 bridgehead atoms. The molecule has 3 aliphatic rings. The molecule has 1 spiro atoms. The molecule has 1 N–H and O–H groups in total. The molecule has 3 fully saturated rings. The maximum absolute atomic E-state index is 14.2. The molecule has 8 nitrogen and oxygen atoms in total. The third-order valence-electron chi connectivity index (χ3n) is 8.43. The van der Waals surface area contributed by atoms with Crippen molar-refractivity contribution in [2.75, 3.05) is 39.3 Å². The molecule has 0 aromatic heterocycles. The van der Waals surface area contributed by atoms with E-state index in [2.05, 4.69) is 20.1 Å². The highest BCUT2D eigenvalue weighted by Crippen LogP contribution is 2.63. The van der Waals surface area contributed by atoms with Gasteiger partial charge in [0.2, 0.25) is 17.7 Å². The zero-order chi connectivity index (χ0) is 27.2. The first-order chi connectivity index (χ1) is 17.8. The van der Waals surface area contributed by atoms with Crippen LogP contribution in [0.2, 0.25) is 0 Å². The number of aliphatic hydroxyl groups is 1.